The molecule has 0 amide bonds. The highest BCUT2D eigenvalue weighted by Crippen LogP contribution is 2.33. The summed E-state index contributed by atoms with van der Waals surface area (Å²) < 4.78 is 17.0. The van der Waals surface area contributed by atoms with Crippen LogP contribution in [0.15, 0.2) is 66.4 Å². The van der Waals surface area contributed by atoms with Crippen molar-refractivity contribution in [3.05, 3.63) is 77.6 Å². The van der Waals surface area contributed by atoms with Crippen molar-refractivity contribution < 1.29 is 24.1 Å². The fourth-order valence-electron chi connectivity index (χ4n) is 3.33. The summed E-state index contributed by atoms with van der Waals surface area (Å²) in [5, 5.41) is 8.94. The molecule has 1 N–H and O–H groups in total. The van der Waals surface area contributed by atoms with Gasteiger partial charge in [-0.2, -0.15) is 0 Å². The number of aliphatic hydroxyl groups excluding tert-OH is 1. The van der Waals surface area contributed by atoms with E-state index in [-0.39, 0.29) is 18.3 Å². The number of hydrogen-bond acceptors (Lipinski definition) is 5. The van der Waals surface area contributed by atoms with Gasteiger partial charge in [0.05, 0.1) is 13.7 Å². The number of hydrogen-bond donors (Lipinski definition) is 1. The third kappa shape index (κ3) is 6.17. The molecular weight excluding hydrogens is 368 g/mol. The minimum atomic E-state index is -0.486. The lowest BCUT2D eigenvalue weighted by Gasteiger charge is -2.29. The van der Waals surface area contributed by atoms with E-state index in [1.165, 1.54) is 0 Å². The number of carbonyl (C=O) groups excluding carboxylic acids is 1. The minimum Gasteiger partial charge on any atom is -0.497 e. The normalized spacial score (nSPS) is 18.6. The van der Waals surface area contributed by atoms with Crippen LogP contribution in [0, 0.1) is 0 Å². The summed E-state index contributed by atoms with van der Waals surface area (Å²) in [5.74, 6) is 1.11. The van der Waals surface area contributed by atoms with Crippen LogP contribution >= 0.6 is 0 Å². The van der Waals surface area contributed by atoms with E-state index < -0.39 is 6.29 Å². The van der Waals surface area contributed by atoms with E-state index in [1.54, 1.807) is 7.11 Å². The smallest absolute Gasteiger partial charge is 0.201 e. The number of allylic oxidation sites excluding steroid dienone is 2. The van der Waals surface area contributed by atoms with E-state index >= 15 is 0 Å². The van der Waals surface area contributed by atoms with Crippen LogP contribution in [0.3, 0.4) is 0 Å². The predicted molar refractivity (Wildman–Crippen MR) is 111 cm³/mol. The minimum absolute atomic E-state index is 0.0206. The van der Waals surface area contributed by atoms with Crippen LogP contribution in [-0.2, 0) is 20.7 Å². The number of benzene rings is 2. The zero-order chi connectivity index (χ0) is 20.5. The van der Waals surface area contributed by atoms with Crippen LogP contribution < -0.4 is 4.74 Å². The standard InChI is InChI=1S/C24H28O5/c1-27-21-11-9-19(10-12-21)20-16-23(22(26)15-18-7-3-2-4-8-18)29-24(17-20)28-14-6-5-13-25/h2-4,7-12,16,20,24-25H,5-6,13-15,17H2,1H3/t20-,24+/m0/s1. The molecule has 2 atom stereocenters. The van der Waals surface area contributed by atoms with Gasteiger partial charge in [0.1, 0.15) is 5.75 Å². The van der Waals surface area contributed by atoms with Gasteiger partial charge >= 0.3 is 0 Å². The van der Waals surface area contributed by atoms with Gasteiger partial charge in [0.25, 0.3) is 0 Å². The van der Waals surface area contributed by atoms with Gasteiger partial charge in [-0.3, -0.25) is 4.79 Å². The molecule has 0 saturated heterocycles. The Labute approximate surface area is 171 Å². The van der Waals surface area contributed by atoms with Crippen LogP contribution in [0.4, 0.5) is 0 Å². The van der Waals surface area contributed by atoms with E-state index in [0.29, 0.717) is 31.6 Å². The first kappa shape index (κ1) is 21.1. The molecule has 154 valence electrons. The Bertz CT molecular complexity index is 798. The summed E-state index contributed by atoms with van der Waals surface area (Å²) in [5.41, 5.74) is 2.04. The van der Waals surface area contributed by atoms with E-state index in [2.05, 4.69) is 0 Å². The maximum atomic E-state index is 12.9. The fourth-order valence-corrected chi connectivity index (χ4v) is 3.33. The fraction of sp³-hybridized carbons (Fsp3) is 0.375. The summed E-state index contributed by atoms with van der Waals surface area (Å²) in [6.07, 6.45) is 3.78. The van der Waals surface area contributed by atoms with Crippen molar-refractivity contribution in [3.8, 4) is 5.75 Å². The van der Waals surface area contributed by atoms with Crippen molar-refractivity contribution in [2.24, 2.45) is 0 Å². The van der Waals surface area contributed by atoms with Gasteiger partial charge < -0.3 is 19.3 Å². The molecule has 1 aliphatic rings. The number of methoxy groups -OCH3 is 1. The molecule has 1 aliphatic heterocycles. The van der Waals surface area contributed by atoms with Crippen molar-refractivity contribution in [1.82, 2.24) is 0 Å². The maximum absolute atomic E-state index is 12.9. The van der Waals surface area contributed by atoms with Crippen LogP contribution in [0.1, 0.15) is 36.3 Å². The lowest BCUT2D eigenvalue weighted by atomic mass is 9.91. The molecule has 0 fully saturated rings. The molecule has 29 heavy (non-hydrogen) atoms. The van der Waals surface area contributed by atoms with Gasteiger partial charge in [-0.1, -0.05) is 42.5 Å². The zero-order valence-corrected chi connectivity index (χ0v) is 16.8. The number of unbranched alkanes of at least 4 members (excludes halogenated alkanes) is 1. The Hall–Kier alpha value is -2.63. The molecule has 0 aromatic heterocycles. The van der Waals surface area contributed by atoms with Crippen molar-refractivity contribution in [2.45, 2.75) is 37.9 Å². The summed E-state index contributed by atoms with van der Waals surface area (Å²) >= 11 is 0. The van der Waals surface area contributed by atoms with Gasteiger partial charge in [0, 0.05) is 25.4 Å². The van der Waals surface area contributed by atoms with Gasteiger partial charge in [0.2, 0.25) is 12.1 Å². The number of aliphatic hydroxyl groups is 1. The summed E-state index contributed by atoms with van der Waals surface area (Å²) in [4.78, 5) is 12.9. The van der Waals surface area contributed by atoms with E-state index in [4.69, 9.17) is 19.3 Å². The second-order valence-corrected chi connectivity index (χ2v) is 7.08. The summed E-state index contributed by atoms with van der Waals surface area (Å²) in [7, 11) is 1.64. The van der Waals surface area contributed by atoms with Gasteiger partial charge in [-0.15, -0.1) is 0 Å². The maximum Gasteiger partial charge on any atom is 0.201 e. The molecule has 0 saturated carbocycles. The largest absolute Gasteiger partial charge is 0.497 e. The SMILES string of the molecule is COc1ccc([C@H]2C=C(C(=O)Cc3ccccc3)O[C@@H](OCCCCO)C2)cc1. The Morgan fingerprint density at radius 2 is 1.86 bits per heavy atom. The lowest BCUT2D eigenvalue weighted by molar-refractivity contribution is -0.144. The molecule has 0 aliphatic carbocycles. The predicted octanol–water partition coefficient (Wildman–Crippen LogP) is 4.01. The van der Waals surface area contributed by atoms with Crippen LogP contribution in [-0.4, -0.2) is 37.5 Å². The Kier molecular flexibility index (Phi) is 7.85. The van der Waals surface area contributed by atoms with Gasteiger partial charge in [-0.25, -0.2) is 0 Å². The van der Waals surface area contributed by atoms with Crippen LogP contribution in [0.5, 0.6) is 5.75 Å². The molecule has 5 heteroatoms. The molecule has 1 heterocycles. The molecule has 2 aromatic carbocycles. The molecule has 0 radical (unpaired) electrons. The monoisotopic (exact) mass is 396 g/mol. The topological polar surface area (TPSA) is 65.0 Å². The molecule has 0 unspecified atom stereocenters. The molecule has 0 bridgehead atoms. The molecule has 3 rings (SSSR count). The summed E-state index contributed by atoms with van der Waals surface area (Å²) in [6.45, 7) is 0.630. The average Bonchev–Trinajstić information content (AvgIpc) is 2.77. The molecule has 2 aromatic rings. The highest BCUT2D eigenvalue weighted by atomic mass is 16.7. The van der Waals surface area contributed by atoms with Crippen LogP contribution in [0.25, 0.3) is 0 Å². The second kappa shape index (κ2) is 10.8. The highest BCUT2D eigenvalue weighted by Gasteiger charge is 2.28. The first-order valence-corrected chi connectivity index (χ1v) is 10.0. The van der Waals surface area contributed by atoms with Gasteiger partial charge in [0.15, 0.2) is 5.76 Å². The number of ether oxygens (including phenoxy) is 3. The molecule has 0 spiro atoms. The molecular formula is C24H28O5. The van der Waals surface area contributed by atoms with Crippen molar-refractivity contribution in [1.29, 1.82) is 0 Å². The Balaban J connectivity index is 1.75. The first-order chi connectivity index (χ1) is 14.2. The number of Topliss-reactive ketones (excluding diaryl/α,β-unsaturated/α-hetero) is 1. The number of rotatable bonds is 10. The number of ketones is 1. The van der Waals surface area contributed by atoms with Crippen molar-refractivity contribution in [3.63, 3.8) is 0 Å². The lowest BCUT2D eigenvalue weighted by Crippen LogP contribution is -2.28. The van der Waals surface area contributed by atoms with Crippen molar-refractivity contribution in [2.75, 3.05) is 20.3 Å². The van der Waals surface area contributed by atoms with Crippen molar-refractivity contribution >= 4 is 5.78 Å². The highest BCUT2D eigenvalue weighted by molar-refractivity contribution is 5.95. The van der Waals surface area contributed by atoms with E-state index in [9.17, 15) is 4.79 Å². The first-order valence-electron chi connectivity index (χ1n) is 10.0. The zero-order valence-electron chi connectivity index (χ0n) is 16.8. The van der Waals surface area contributed by atoms with E-state index in [0.717, 1.165) is 23.3 Å². The quantitative estimate of drug-likeness (QED) is 0.615. The van der Waals surface area contributed by atoms with Gasteiger partial charge in [-0.05, 0) is 42.2 Å². The number of carbonyl (C=O) groups is 1. The Morgan fingerprint density at radius 1 is 1.10 bits per heavy atom. The second-order valence-electron chi connectivity index (χ2n) is 7.08. The van der Waals surface area contributed by atoms with E-state index in [1.807, 2.05) is 60.7 Å². The Morgan fingerprint density at radius 3 is 2.55 bits per heavy atom. The third-order valence-corrected chi connectivity index (χ3v) is 4.94. The average molecular weight is 396 g/mol. The summed E-state index contributed by atoms with van der Waals surface area (Å²) in [6, 6.07) is 17.5. The molecule has 5 nitrogen and oxygen atoms in total. The third-order valence-electron chi connectivity index (χ3n) is 4.94. The van der Waals surface area contributed by atoms with Crippen LogP contribution in [0.2, 0.25) is 0 Å².